The van der Waals surface area contributed by atoms with Gasteiger partial charge in [0, 0.05) is 25.8 Å². The third kappa shape index (κ3) is 3.13. The molecule has 27 heavy (non-hydrogen) atoms. The Morgan fingerprint density at radius 2 is 2.11 bits per heavy atom. The topological polar surface area (TPSA) is 77.0 Å². The minimum Gasteiger partial charge on any atom is -0.445 e. The number of amides is 1. The summed E-state index contributed by atoms with van der Waals surface area (Å²) in [4.78, 5) is 23.8. The van der Waals surface area contributed by atoms with Crippen molar-refractivity contribution in [1.29, 1.82) is 0 Å². The summed E-state index contributed by atoms with van der Waals surface area (Å²) >= 11 is 0. The lowest BCUT2D eigenvalue weighted by Crippen LogP contribution is -2.42. The molecular formula is C20H21N5O2. The van der Waals surface area contributed by atoms with Gasteiger partial charge in [0.25, 0.3) is 0 Å². The zero-order chi connectivity index (χ0) is 18.2. The molecule has 1 unspecified atom stereocenters. The number of aromatic nitrogens is 4. The molecule has 1 amide bonds. The highest BCUT2D eigenvalue weighted by molar-refractivity contribution is 5.79. The van der Waals surface area contributed by atoms with Crippen molar-refractivity contribution in [3.63, 3.8) is 0 Å². The van der Waals surface area contributed by atoms with Crippen molar-refractivity contribution in [3.8, 4) is 0 Å². The number of carbonyl (C=O) groups is 1. The number of hydrogen-bond donors (Lipinski definition) is 0. The van der Waals surface area contributed by atoms with Gasteiger partial charge in [-0.3, -0.25) is 4.79 Å². The number of fused-ring (bicyclic) bond motifs is 2. The van der Waals surface area contributed by atoms with Crippen LogP contribution in [-0.4, -0.2) is 37.1 Å². The Morgan fingerprint density at radius 3 is 3.00 bits per heavy atom. The Labute approximate surface area is 157 Å². The molecule has 0 N–H and O–H groups in total. The summed E-state index contributed by atoms with van der Waals surface area (Å²) < 4.78 is 7.80. The highest BCUT2D eigenvalue weighted by atomic mass is 16.4. The SMILES string of the molecule is O=C(C1CCc2ncnn2C1)N1CCc2oc(Cc3ccccc3)nc2C1. The summed E-state index contributed by atoms with van der Waals surface area (Å²) in [5.41, 5.74) is 2.08. The van der Waals surface area contributed by atoms with Gasteiger partial charge >= 0.3 is 0 Å². The van der Waals surface area contributed by atoms with E-state index in [2.05, 4.69) is 27.2 Å². The first-order valence-electron chi connectivity index (χ1n) is 9.43. The van der Waals surface area contributed by atoms with Gasteiger partial charge in [0.05, 0.1) is 19.0 Å². The smallest absolute Gasteiger partial charge is 0.227 e. The molecule has 2 aliphatic heterocycles. The molecule has 0 spiro atoms. The van der Waals surface area contributed by atoms with Gasteiger partial charge < -0.3 is 9.32 Å². The van der Waals surface area contributed by atoms with Crippen LogP contribution in [0.2, 0.25) is 0 Å². The van der Waals surface area contributed by atoms with E-state index in [0.717, 1.165) is 42.4 Å². The first kappa shape index (κ1) is 16.2. The van der Waals surface area contributed by atoms with Crippen molar-refractivity contribution < 1.29 is 9.21 Å². The molecule has 1 aromatic carbocycles. The summed E-state index contributed by atoms with van der Waals surface area (Å²) in [5.74, 6) is 2.78. The summed E-state index contributed by atoms with van der Waals surface area (Å²) in [7, 11) is 0. The lowest BCUT2D eigenvalue weighted by Gasteiger charge is -2.31. The molecule has 0 saturated heterocycles. The van der Waals surface area contributed by atoms with E-state index in [1.54, 1.807) is 6.33 Å². The second kappa shape index (κ2) is 6.64. The molecule has 2 aliphatic rings. The number of nitrogens with zero attached hydrogens (tertiary/aromatic N) is 5. The van der Waals surface area contributed by atoms with E-state index in [9.17, 15) is 4.79 Å². The third-order valence-corrected chi connectivity index (χ3v) is 5.44. The van der Waals surface area contributed by atoms with Crippen LogP contribution in [0, 0.1) is 5.92 Å². The molecule has 138 valence electrons. The van der Waals surface area contributed by atoms with E-state index in [0.29, 0.717) is 26.1 Å². The molecule has 4 heterocycles. The van der Waals surface area contributed by atoms with E-state index < -0.39 is 0 Å². The molecular weight excluding hydrogens is 342 g/mol. The minimum absolute atomic E-state index is 0.0311. The Bertz CT molecular complexity index is 962. The molecule has 0 radical (unpaired) electrons. The Morgan fingerprint density at radius 1 is 1.22 bits per heavy atom. The fourth-order valence-electron chi connectivity index (χ4n) is 3.98. The quantitative estimate of drug-likeness (QED) is 0.711. The average molecular weight is 363 g/mol. The van der Waals surface area contributed by atoms with Gasteiger partial charge in [-0.1, -0.05) is 30.3 Å². The van der Waals surface area contributed by atoms with Crippen molar-refractivity contribution >= 4 is 5.91 Å². The Balaban J connectivity index is 1.28. The van der Waals surface area contributed by atoms with Crippen molar-refractivity contribution in [2.24, 2.45) is 5.92 Å². The maximum absolute atomic E-state index is 13.0. The zero-order valence-electron chi connectivity index (χ0n) is 15.0. The second-order valence-corrected chi connectivity index (χ2v) is 7.24. The molecule has 2 aromatic heterocycles. The van der Waals surface area contributed by atoms with Crippen LogP contribution >= 0.6 is 0 Å². The third-order valence-electron chi connectivity index (χ3n) is 5.44. The van der Waals surface area contributed by atoms with E-state index >= 15 is 0 Å². The van der Waals surface area contributed by atoms with Crippen LogP contribution in [0.1, 0.15) is 35.2 Å². The van der Waals surface area contributed by atoms with Gasteiger partial charge in [0.1, 0.15) is 23.6 Å². The zero-order valence-corrected chi connectivity index (χ0v) is 15.0. The maximum Gasteiger partial charge on any atom is 0.227 e. The number of hydrogen-bond acceptors (Lipinski definition) is 5. The average Bonchev–Trinajstić information content (AvgIpc) is 3.33. The molecule has 5 rings (SSSR count). The van der Waals surface area contributed by atoms with Gasteiger partial charge in [-0.05, 0) is 12.0 Å². The van der Waals surface area contributed by atoms with Crippen molar-refractivity contribution in [3.05, 3.63) is 65.4 Å². The monoisotopic (exact) mass is 363 g/mol. The van der Waals surface area contributed by atoms with Gasteiger partial charge in [0.15, 0.2) is 5.89 Å². The van der Waals surface area contributed by atoms with Crippen LogP contribution in [-0.2, 0) is 37.1 Å². The standard InChI is InChI=1S/C20H21N5O2/c26-20(15-6-7-18-21-13-22-25(18)11-15)24-9-8-17-16(12-24)23-19(27-17)10-14-4-2-1-3-5-14/h1-5,13,15H,6-12H2. The van der Waals surface area contributed by atoms with Crippen LogP contribution in [0.5, 0.6) is 0 Å². The lowest BCUT2D eigenvalue weighted by atomic mass is 9.97. The summed E-state index contributed by atoms with van der Waals surface area (Å²) in [6, 6.07) is 10.2. The minimum atomic E-state index is -0.0311. The lowest BCUT2D eigenvalue weighted by molar-refractivity contribution is -0.137. The predicted molar refractivity (Wildman–Crippen MR) is 96.7 cm³/mol. The van der Waals surface area contributed by atoms with Crippen LogP contribution in [0.25, 0.3) is 0 Å². The van der Waals surface area contributed by atoms with Crippen molar-refractivity contribution in [2.75, 3.05) is 6.54 Å². The number of oxazole rings is 1. The van der Waals surface area contributed by atoms with E-state index in [4.69, 9.17) is 4.42 Å². The predicted octanol–water partition coefficient (Wildman–Crippen LogP) is 2.00. The number of carbonyl (C=O) groups excluding carboxylic acids is 1. The van der Waals surface area contributed by atoms with Gasteiger partial charge in [0.2, 0.25) is 5.91 Å². The molecule has 1 atom stereocenters. The summed E-state index contributed by atoms with van der Waals surface area (Å²) in [6.45, 7) is 1.84. The number of benzene rings is 1. The van der Waals surface area contributed by atoms with E-state index in [-0.39, 0.29) is 11.8 Å². The first-order valence-corrected chi connectivity index (χ1v) is 9.43. The first-order chi connectivity index (χ1) is 13.3. The molecule has 0 bridgehead atoms. The normalized spacial score (nSPS) is 18.8. The molecule has 0 fully saturated rings. The fraction of sp³-hybridized carbons (Fsp3) is 0.400. The second-order valence-electron chi connectivity index (χ2n) is 7.24. The highest BCUT2D eigenvalue weighted by Crippen LogP contribution is 2.25. The summed E-state index contributed by atoms with van der Waals surface area (Å²) in [5, 5.41) is 4.22. The van der Waals surface area contributed by atoms with Gasteiger partial charge in [-0.25, -0.2) is 14.6 Å². The van der Waals surface area contributed by atoms with Crippen LogP contribution in [0.15, 0.2) is 41.1 Å². The van der Waals surface area contributed by atoms with Crippen LogP contribution < -0.4 is 0 Å². The molecule has 7 nitrogen and oxygen atoms in total. The van der Waals surface area contributed by atoms with E-state index in [1.165, 1.54) is 5.56 Å². The van der Waals surface area contributed by atoms with E-state index in [1.807, 2.05) is 27.8 Å². The molecule has 0 aliphatic carbocycles. The summed E-state index contributed by atoms with van der Waals surface area (Å²) in [6.07, 6.45) is 4.61. The van der Waals surface area contributed by atoms with Crippen molar-refractivity contribution in [1.82, 2.24) is 24.6 Å². The number of aryl methyl sites for hydroxylation is 1. The Kier molecular flexibility index (Phi) is 3.99. The van der Waals surface area contributed by atoms with Gasteiger partial charge in [-0.15, -0.1) is 0 Å². The molecule has 7 heteroatoms. The van der Waals surface area contributed by atoms with Gasteiger partial charge in [-0.2, -0.15) is 5.10 Å². The van der Waals surface area contributed by atoms with Crippen molar-refractivity contribution in [2.45, 2.75) is 38.8 Å². The maximum atomic E-state index is 13.0. The number of rotatable bonds is 3. The Hall–Kier alpha value is -2.96. The molecule has 0 saturated carbocycles. The highest BCUT2D eigenvalue weighted by Gasteiger charge is 2.32. The van der Waals surface area contributed by atoms with Crippen LogP contribution in [0.4, 0.5) is 0 Å². The fourth-order valence-corrected chi connectivity index (χ4v) is 3.98. The largest absolute Gasteiger partial charge is 0.445 e. The van der Waals surface area contributed by atoms with Crippen LogP contribution in [0.3, 0.4) is 0 Å². The molecule has 3 aromatic rings.